The molecule has 1 atom stereocenters. The number of nitrogens with one attached hydrogen (secondary N) is 2. The summed E-state index contributed by atoms with van der Waals surface area (Å²) in [7, 11) is 0. The fourth-order valence-corrected chi connectivity index (χ4v) is 3.34. The van der Waals surface area contributed by atoms with E-state index in [9.17, 15) is 22.8 Å². The van der Waals surface area contributed by atoms with E-state index in [0.29, 0.717) is 31.0 Å². The van der Waals surface area contributed by atoms with Crippen molar-refractivity contribution in [2.75, 3.05) is 25.0 Å². The summed E-state index contributed by atoms with van der Waals surface area (Å²) in [6, 6.07) is -0.144. The van der Waals surface area contributed by atoms with Crippen LogP contribution in [-0.2, 0) is 11.3 Å². The quantitative estimate of drug-likeness (QED) is 0.709. The van der Waals surface area contributed by atoms with Crippen molar-refractivity contribution >= 4 is 29.0 Å². The monoisotopic (exact) mass is 457 g/mol. The van der Waals surface area contributed by atoms with Gasteiger partial charge in [0.2, 0.25) is 5.82 Å². The number of aryl methyl sites for hydroxylation is 1. The van der Waals surface area contributed by atoms with Gasteiger partial charge in [-0.1, -0.05) is 0 Å². The van der Waals surface area contributed by atoms with Gasteiger partial charge in [0.05, 0.1) is 0 Å². The number of nitrogens with zero attached hydrogens (tertiary/aromatic N) is 5. The van der Waals surface area contributed by atoms with Crippen LogP contribution >= 0.6 is 0 Å². The second-order valence-electron chi connectivity index (χ2n) is 8.43. The minimum Gasteiger partial charge on any atom is -0.444 e. The number of ether oxygens (including phenoxy) is 1. The van der Waals surface area contributed by atoms with Crippen molar-refractivity contribution in [3.63, 3.8) is 0 Å². The molecule has 1 fully saturated rings. The molecule has 10 nitrogen and oxygen atoms in total. The predicted molar refractivity (Wildman–Crippen MR) is 109 cm³/mol. The molecule has 0 radical (unpaired) electrons. The molecule has 2 aromatic rings. The van der Waals surface area contributed by atoms with E-state index >= 15 is 0 Å². The van der Waals surface area contributed by atoms with Crippen LogP contribution < -0.4 is 10.6 Å². The maximum Gasteiger partial charge on any atom is 0.410 e. The van der Waals surface area contributed by atoms with Crippen LogP contribution in [0.4, 0.5) is 23.8 Å². The van der Waals surface area contributed by atoms with Gasteiger partial charge < -0.3 is 24.8 Å². The zero-order chi connectivity index (χ0) is 23.7. The Hall–Kier alpha value is -3.12. The van der Waals surface area contributed by atoms with Crippen molar-refractivity contribution in [3.05, 3.63) is 12.2 Å². The van der Waals surface area contributed by atoms with Crippen LogP contribution in [0.1, 0.15) is 44.7 Å². The van der Waals surface area contributed by atoms with Gasteiger partial charge in [0, 0.05) is 25.7 Å². The zero-order valence-corrected chi connectivity index (χ0v) is 18.3. The topological polar surface area (TPSA) is 114 Å². The Labute approximate surface area is 182 Å². The minimum absolute atomic E-state index is 0.144. The van der Waals surface area contributed by atoms with Gasteiger partial charge in [-0.05, 0) is 34.1 Å². The number of amides is 2. The van der Waals surface area contributed by atoms with Crippen LogP contribution in [0.15, 0.2) is 6.33 Å². The molecule has 0 spiro atoms. The first-order chi connectivity index (χ1) is 14.9. The molecular formula is C19H26F3N7O3. The van der Waals surface area contributed by atoms with Crippen molar-refractivity contribution in [2.45, 2.75) is 58.5 Å². The van der Waals surface area contributed by atoms with E-state index in [1.54, 1.807) is 32.6 Å². The lowest BCUT2D eigenvalue weighted by atomic mass is 10.2. The average Bonchev–Trinajstić information content (AvgIpc) is 3.29. The summed E-state index contributed by atoms with van der Waals surface area (Å²) >= 11 is 0. The normalized spacial score (nSPS) is 17.0. The smallest absolute Gasteiger partial charge is 0.410 e. The molecule has 176 valence electrons. The molecule has 0 aromatic carbocycles. The molecule has 2 aromatic heterocycles. The number of carbonyl (C=O) groups is 2. The highest BCUT2D eigenvalue weighted by molar-refractivity contribution is 5.96. The van der Waals surface area contributed by atoms with E-state index in [0.717, 1.165) is 0 Å². The van der Waals surface area contributed by atoms with Crippen LogP contribution in [0.2, 0.25) is 0 Å². The fourth-order valence-electron chi connectivity index (χ4n) is 3.34. The summed E-state index contributed by atoms with van der Waals surface area (Å²) in [5.41, 5.74) is -0.0105. The third-order valence-corrected chi connectivity index (χ3v) is 4.68. The van der Waals surface area contributed by atoms with Crippen LogP contribution in [-0.4, -0.2) is 73.9 Å². The molecule has 0 saturated carbocycles. The lowest BCUT2D eigenvalue weighted by molar-refractivity contribution is -0.123. The molecule has 1 saturated heterocycles. The Morgan fingerprint density at radius 3 is 2.59 bits per heavy atom. The van der Waals surface area contributed by atoms with Crippen LogP contribution in [0.3, 0.4) is 0 Å². The van der Waals surface area contributed by atoms with Crippen molar-refractivity contribution in [1.82, 2.24) is 29.7 Å². The summed E-state index contributed by atoms with van der Waals surface area (Å²) in [4.78, 5) is 38.7. The third kappa shape index (κ3) is 5.56. The van der Waals surface area contributed by atoms with Gasteiger partial charge in [0.1, 0.15) is 18.5 Å². The third-order valence-electron chi connectivity index (χ3n) is 4.68. The second kappa shape index (κ2) is 8.79. The van der Waals surface area contributed by atoms with E-state index in [2.05, 4.69) is 20.3 Å². The van der Waals surface area contributed by atoms with Crippen LogP contribution in [0.5, 0.6) is 0 Å². The highest BCUT2D eigenvalue weighted by atomic mass is 19.4. The number of aromatic nitrogens is 4. The van der Waals surface area contributed by atoms with E-state index in [1.165, 1.54) is 10.9 Å². The van der Waals surface area contributed by atoms with Gasteiger partial charge in [0.25, 0.3) is 5.91 Å². The molecule has 3 heterocycles. The molecule has 0 bridgehead atoms. The van der Waals surface area contributed by atoms with E-state index in [1.807, 2.05) is 5.32 Å². The number of fused-ring (bicyclic) bond motifs is 1. The summed E-state index contributed by atoms with van der Waals surface area (Å²) in [5, 5.41) is 5.03. The summed E-state index contributed by atoms with van der Waals surface area (Å²) in [6.45, 7) is 6.80. The molecule has 1 aliphatic heterocycles. The molecule has 1 aliphatic rings. The lowest BCUT2D eigenvalue weighted by Gasteiger charge is -2.24. The van der Waals surface area contributed by atoms with E-state index in [-0.39, 0.29) is 23.9 Å². The molecule has 2 N–H and O–H groups in total. The first-order valence-electron chi connectivity index (χ1n) is 10.2. The SMILES string of the molecule is CCn1c(C(=O)NCC(F)(F)F)nc2c(N[C@H]3CCN(C(=O)OC(C)(C)C)C3)ncnc21. The van der Waals surface area contributed by atoms with Crippen molar-refractivity contribution < 1.29 is 27.5 Å². The summed E-state index contributed by atoms with van der Waals surface area (Å²) < 4.78 is 44.3. The van der Waals surface area contributed by atoms with Gasteiger partial charge in [-0.2, -0.15) is 13.2 Å². The van der Waals surface area contributed by atoms with Gasteiger partial charge in [-0.25, -0.2) is 19.7 Å². The Balaban J connectivity index is 1.78. The lowest BCUT2D eigenvalue weighted by Crippen LogP contribution is -2.36. The highest BCUT2D eigenvalue weighted by Gasteiger charge is 2.32. The number of halogens is 3. The number of hydrogen-bond donors (Lipinski definition) is 2. The number of likely N-dealkylation sites (tertiary alicyclic amines) is 1. The van der Waals surface area contributed by atoms with Gasteiger partial charge in [-0.3, -0.25) is 4.79 Å². The second-order valence-corrected chi connectivity index (χ2v) is 8.43. The predicted octanol–water partition coefficient (Wildman–Crippen LogP) is 2.56. The average molecular weight is 457 g/mol. The minimum atomic E-state index is -4.53. The molecule has 0 aliphatic carbocycles. The summed E-state index contributed by atoms with van der Waals surface area (Å²) in [6.07, 6.45) is -3.02. The first-order valence-corrected chi connectivity index (χ1v) is 10.2. The molecule has 2 amide bonds. The molecule has 32 heavy (non-hydrogen) atoms. The first kappa shape index (κ1) is 23.5. The Bertz CT molecular complexity index is 1000. The van der Waals surface area contributed by atoms with Crippen LogP contribution in [0.25, 0.3) is 11.2 Å². The molecule has 0 unspecified atom stereocenters. The van der Waals surface area contributed by atoms with Gasteiger partial charge in [-0.15, -0.1) is 0 Å². The fraction of sp³-hybridized carbons (Fsp3) is 0.632. The van der Waals surface area contributed by atoms with Crippen molar-refractivity contribution in [1.29, 1.82) is 0 Å². The number of alkyl halides is 3. The number of anilines is 1. The van der Waals surface area contributed by atoms with Crippen molar-refractivity contribution in [2.24, 2.45) is 0 Å². The summed E-state index contributed by atoms with van der Waals surface area (Å²) in [5.74, 6) is -0.801. The van der Waals surface area contributed by atoms with Crippen molar-refractivity contribution in [3.8, 4) is 0 Å². The van der Waals surface area contributed by atoms with E-state index in [4.69, 9.17) is 4.74 Å². The van der Waals surface area contributed by atoms with Gasteiger partial charge in [0.15, 0.2) is 17.0 Å². The standard InChI is InChI=1S/C19H26F3N7O3/c1-5-29-14-12(27-15(29)16(30)23-9-19(20,21)22)13(24-10-25-14)26-11-6-7-28(8-11)17(31)32-18(2,3)4/h10-11H,5-9H2,1-4H3,(H,23,30)(H,24,25,26)/t11-/m0/s1. The number of hydrogen-bond acceptors (Lipinski definition) is 7. The highest BCUT2D eigenvalue weighted by Crippen LogP contribution is 2.24. The largest absolute Gasteiger partial charge is 0.444 e. The Morgan fingerprint density at radius 1 is 1.25 bits per heavy atom. The zero-order valence-electron chi connectivity index (χ0n) is 18.3. The van der Waals surface area contributed by atoms with Gasteiger partial charge >= 0.3 is 12.3 Å². The molecule has 3 rings (SSSR count). The molecular weight excluding hydrogens is 431 g/mol. The Kier molecular flexibility index (Phi) is 6.46. The number of rotatable bonds is 5. The Morgan fingerprint density at radius 2 is 1.97 bits per heavy atom. The van der Waals surface area contributed by atoms with E-state index < -0.39 is 30.3 Å². The maximum atomic E-state index is 12.5. The number of imidazole rings is 1. The molecule has 13 heteroatoms. The number of carbonyl (C=O) groups excluding carboxylic acids is 2. The van der Waals surface area contributed by atoms with Crippen LogP contribution in [0, 0.1) is 0 Å². The maximum absolute atomic E-state index is 12.5.